The van der Waals surface area contributed by atoms with E-state index in [0.717, 1.165) is 12.8 Å². The largest absolute Gasteiger partial charge is 0.394 e. The van der Waals surface area contributed by atoms with Crippen molar-refractivity contribution in [2.45, 2.75) is 66.9 Å². The first kappa shape index (κ1) is 18.5. The molecule has 0 rings (SSSR count). The molecule has 0 bridgehead atoms. The summed E-state index contributed by atoms with van der Waals surface area (Å²) in [7, 11) is 0. The summed E-state index contributed by atoms with van der Waals surface area (Å²) in [5.74, 6) is 7.87. The molecular weight excluding hydrogens is 236 g/mol. The summed E-state index contributed by atoms with van der Waals surface area (Å²) in [6, 6.07) is 0. The van der Waals surface area contributed by atoms with Crippen LogP contribution in [0.25, 0.3) is 0 Å². The summed E-state index contributed by atoms with van der Waals surface area (Å²) in [6.07, 6.45) is 1.97. The molecule has 0 fully saturated rings. The SMILES string of the molecule is CC(C)CC(C)(C)C#CC(C)(CC(C)C)OCCO. The molecule has 0 amide bonds. The van der Waals surface area contributed by atoms with Crippen LogP contribution in [0.3, 0.4) is 0 Å². The van der Waals surface area contributed by atoms with Crippen molar-refractivity contribution >= 4 is 0 Å². The van der Waals surface area contributed by atoms with Crippen molar-refractivity contribution in [3.63, 3.8) is 0 Å². The van der Waals surface area contributed by atoms with E-state index in [1.54, 1.807) is 0 Å². The normalized spacial score (nSPS) is 15.3. The van der Waals surface area contributed by atoms with Gasteiger partial charge in [-0.2, -0.15) is 0 Å². The van der Waals surface area contributed by atoms with Crippen molar-refractivity contribution in [2.75, 3.05) is 13.2 Å². The van der Waals surface area contributed by atoms with Crippen molar-refractivity contribution in [2.24, 2.45) is 17.3 Å². The van der Waals surface area contributed by atoms with Crippen LogP contribution in [0.1, 0.15) is 61.3 Å². The molecule has 0 saturated heterocycles. The Morgan fingerprint density at radius 2 is 1.47 bits per heavy atom. The number of aliphatic hydroxyl groups is 1. The zero-order chi connectivity index (χ0) is 15.1. The lowest BCUT2D eigenvalue weighted by atomic mass is 9.83. The number of hydrogen-bond donors (Lipinski definition) is 1. The Balaban J connectivity index is 4.90. The van der Waals surface area contributed by atoms with Crippen molar-refractivity contribution < 1.29 is 9.84 Å². The Kier molecular flexibility index (Phi) is 7.71. The second-order valence-corrected chi connectivity index (χ2v) is 7.13. The van der Waals surface area contributed by atoms with Crippen LogP contribution in [0.2, 0.25) is 0 Å². The predicted octanol–water partition coefficient (Wildman–Crippen LogP) is 3.88. The maximum atomic E-state index is 8.94. The van der Waals surface area contributed by atoms with E-state index < -0.39 is 5.60 Å². The molecule has 1 atom stereocenters. The highest BCUT2D eigenvalue weighted by molar-refractivity contribution is 5.18. The maximum Gasteiger partial charge on any atom is 0.126 e. The zero-order valence-corrected chi connectivity index (χ0v) is 13.8. The van der Waals surface area contributed by atoms with Gasteiger partial charge >= 0.3 is 0 Å². The van der Waals surface area contributed by atoms with Gasteiger partial charge in [0.05, 0.1) is 13.2 Å². The number of rotatable bonds is 7. The molecule has 0 aromatic heterocycles. The Labute approximate surface area is 119 Å². The molecule has 2 heteroatoms. The average Bonchev–Trinajstić information content (AvgIpc) is 2.21. The molecule has 0 aliphatic heterocycles. The first-order valence-corrected chi connectivity index (χ1v) is 7.39. The van der Waals surface area contributed by atoms with Gasteiger partial charge in [-0.1, -0.05) is 39.5 Å². The van der Waals surface area contributed by atoms with Gasteiger partial charge in [-0.3, -0.25) is 0 Å². The smallest absolute Gasteiger partial charge is 0.126 e. The Morgan fingerprint density at radius 1 is 0.947 bits per heavy atom. The predicted molar refractivity (Wildman–Crippen MR) is 81.9 cm³/mol. The van der Waals surface area contributed by atoms with Crippen molar-refractivity contribution in [1.29, 1.82) is 0 Å². The van der Waals surface area contributed by atoms with Crippen molar-refractivity contribution in [3.8, 4) is 11.8 Å². The van der Waals surface area contributed by atoms with E-state index >= 15 is 0 Å². The van der Waals surface area contributed by atoms with Gasteiger partial charge in [0.25, 0.3) is 0 Å². The number of hydrogen-bond acceptors (Lipinski definition) is 2. The Bertz CT molecular complexity index is 307. The molecule has 19 heavy (non-hydrogen) atoms. The molecule has 1 unspecified atom stereocenters. The lowest BCUT2D eigenvalue weighted by Gasteiger charge is -2.27. The number of ether oxygens (including phenoxy) is 1. The highest BCUT2D eigenvalue weighted by atomic mass is 16.5. The zero-order valence-electron chi connectivity index (χ0n) is 13.8. The summed E-state index contributed by atoms with van der Waals surface area (Å²) in [6.45, 7) is 15.6. The Morgan fingerprint density at radius 3 is 1.89 bits per heavy atom. The minimum atomic E-state index is -0.453. The Hall–Kier alpha value is -0.520. The lowest BCUT2D eigenvalue weighted by molar-refractivity contribution is -0.0182. The van der Waals surface area contributed by atoms with E-state index in [0.29, 0.717) is 18.4 Å². The highest BCUT2D eigenvalue weighted by Gasteiger charge is 2.25. The molecule has 0 saturated carbocycles. The molecule has 2 nitrogen and oxygen atoms in total. The topological polar surface area (TPSA) is 29.5 Å². The first-order valence-electron chi connectivity index (χ1n) is 7.39. The highest BCUT2D eigenvalue weighted by Crippen LogP contribution is 2.26. The molecule has 0 aliphatic rings. The van der Waals surface area contributed by atoms with Crippen LogP contribution in [-0.2, 0) is 4.74 Å². The van der Waals surface area contributed by atoms with Crippen molar-refractivity contribution in [3.05, 3.63) is 0 Å². The van der Waals surface area contributed by atoms with Crippen molar-refractivity contribution in [1.82, 2.24) is 0 Å². The molecule has 0 aromatic rings. The molecular formula is C17H32O2. The van der Waals surface area contributed by atoms with Gasteiger partial charge < -0.3 is 9.84 Å². The summed E-state index contributed by atoms with van der Waals surface area (Å²) in [4.78, 5) is 0. The summed E-state index contributed by atoms with van der Waals surface area (Å²) in [5, 5.41) is 8.94. The maximum absolute atomic E-state index is 8.94. The van der Waals surface area contributed by atoms with Crippen LogP contribution in [0.4, 0.5) is 0 Å². The first-order chi connectivity index (χ1) is 8.60. The second kappa shape index (κ2) is 7.92. The quantitative estimate of drug-likeness (QED) is 0.710. The fourth-order valence-corrected chi connectivity index (χ4v) is 2.57. The molecule has 0 radical (unpaired) electrons. The second-order valence-electron chi connectivity index (χ2n) is 7.13. The summed E-state index contributed by atoms with van der Waals surface area (Å²) < 4.78 is 5.77. The summed E-state index contributed by atoms with van der Waals surface area (Å²) >= 11 is 0. The molecule has 0 aliphatic carbocycles. The lowest BCUT2D eigenvalue weighted by Crippen LogP contribution is -2.30. The van der Waals surface area contributed by atoms with Gasteiger partial charge in [0.15, 0.2) is 0 Å². The molecule has 0 aromatic carbocycles. The van der Waals surface area contributed by atoms with E-state index in [4.69, 9.17) is 9.84 Å². The van der Waals surface area contributed by atoms with Gasteiger partial charge in [-0.05, 0) is 45.4 Å². The van der Waals surface area contributed by atoms with Crippen LogP contribution in [0.15, 0.2) is 0 Å². The molecule has 0 spiro atoms. The van der Waals surface area contributed by atoms with Gasteiger partial charge in [0.2, 0.25) is 0 Å². The third kappa shape index (κ3) is 9.08. The fourth-order valence-electron chi connectivity index (χ4n) is 2.57. The van der Waals surface area contributed by atoms with Gasteiger partial charge in [0.1, 0.15) is 5.60 Å². The molecule has 0 heterocycles. The minimum absolute atomic E-state index is 0.00891. The van der Waals surface area contributed by atoms with Gasteiger partial charge in [-0.25, -0.2) is 0 Å². The monoisotopic (exact) mass is 268 g/mol. The molecule has 1 N–H and O–H groups in total. The third-order valence-electron chi connectivity index (χ3n) is 2.89. The van der Waals surface area contributed by atoms with Crippen LogP contribution in [0.5, 0.6) is 0 Å². The molecule has 112 valence electrons. The fraction of sp³-hybridized carbons (Fsp3) is 0.882. The van der Waals surface area contributed by atoms with Crippen LogP contribution in [0, 0.1) is 29.1 Å². The average molecular weight is 268 g/mol. The van der Waals surface area contributed by atoms with E-state index in [1.807, 2.05) is 6.92 Å². The van der Waals surface area contributed by atoms with E-state index in [9.17, 15) is 0 Å². The summed E-state index contributed by atoms with van der Waals surface area (Å²) in [5.41, 5.74) is -0.444. The minimum Gasteiger partial charge on any atom is -0.394 e. The van der Waals surface area contributed by atoms with Crippen LogP contribution < -0.4 is 0 Å². The standard InChI is InChI=1S/C17H32O2/c1-14(2)12-16(5,6)8-9-17(7,13-15(3)4)19-11-10-18/h14-15,18H,10-13H2,1-7H3. The number of aliphatic hydroxyl groups excluding tert-OH is 1. The van der Waals surface area contributed by atoms with E-state index in [-0.39, 0.29) is 12.0 Å². The van der Waals surface area contributed by atoms with E-state index in [2.05, 4.69) is 53.4 Å². The van der Waals surface area contributed by atoms with Crippen LogP contribution in [-0.4, -0.2) is 23.9 Å². The van der Waals surface area contributed by atoms with Crippen LogP contribution >= 0.6 is 0 Å². The third-order valence-corrected chi connectivity index (χ3v) is 2.89. The van der Waals surface area contributed by atoms with E-state index in [1.165, 1.54) is 0 Å². The van der Waals surface area contributed by atoms with Gasteiger partial charge in [0, 0.05) is 5.41 Å². The van der Waals surface area contributed by atoms with Gasteiger partial charge in [-0.15, -0.1) is 0 Å².